The quantitative estimate of drug-likeness (QED) is 0.790. The van der Waals surface area contributed by atoms with Gasteiger partial charge in [-0.05, 0) is 30.9 Å². The molecule has 17 heavy (non-hydrogen) atoms. The first-order chi connectivity index (χ1) is 8.13. The van der Waals surface area contributed by atoms with E-state index >= 15 is 0 Å². The number of ether oxygens (including phenoxy) is 1. The van der Waals surface area contributed by atoms with Crippen molar-refractivity contribution in [2.24, 2.45) is 5.92 Å². The minimum Gasteiger partial charge on any atom is -0.380 e. The summed E-state index contributed by atoms with van der Waals surface area (Å²) in [7, 11) is 0. The third-order valence-corrected chi connectivity index (χ3v) is 2.81. The van der Waals surface area contributed by atoms with Crippen molar-refractivity contribution in [2.75, 3.05) is 13.2 Å². The molecule has 0 radical (unpaired) electrons. The molecule has 3 nitrogen and oxygen atoms in total. The third kappa shape index (κ3) is 5.29. The smallest absolute Gasteiger partial charge is 0.0622 e. The van der Waals surface area contributed by atoms with Gasteiger partial charge >= 0.3 is 0 Å². The summed E-state index contributed by atoms with van der Waals surface area (Å²) in [6.45, 7) is 10.9. The molecule has 1 atom stereocenters. The normalized spacial score (nSPS) is 13.0. The molecule has 1 rings (SSSR count). The van der Waals surface area contributed by atoms with Crippen molar-refractivity contribution in [1.82, 2.24) is 10.3 Å². The van der Waals surface area contributed by atoms with Gasteiger partial charge in [0.15, 0.2) is 0 Å². The number of aryl methyl sites for hydroxylation is 1. The molecular formula is C14H24N2O. The molecule has 0 aliphatic heterocycles. The summed E-state index contributed by atoms with van der Waals surface area (Å²) in [6.07, 6.45) is 3.79. The summed E-state index contributed by atoms with van der Waals surface area (Å²) < 4.78 is 5.49. The minimum atomic E-state index is 0.399. The molecule has 1 aromatic rings. The van der Waals surface area contributed by atoms with Gasteiger partial charge in [0.25, 0.3) is 0 Å². The first kappa shape index (κ1) is 14.1. The van der Waals surface area contributed by atoms with Gasteiger partial charge in [0, 0.05) is 31.6 Å². The predicted octanol–water partition coefficient (Wildman–Crippen LogP) is 2.54. The van der Waals surface area contributed by atoms with Crippen molar-refractivity contribution >= 4 is 0 Å². The van der Waals surface area contributed by atoms with Crippen LogP contribution in [0, 0.1) is 12.8 Å². The van der Waals surface area contributed by atoms with E-state index in [0.717, 1.165) is 19.8 Å². The molecule has 1 N–H and O–H groups in total. The molecule has 96 valence electrons. The summed E-state index contributed by atoms with van der Waals surface area (Å²) >= 11 is 0. The van der Waals surface area contributed by atoms with Crippen LogP contribution in [-0.2, 0) is 11.3 Å². The maximum absolute atomic E-state index is 5.49. The number of hydrogen-bond acceptors (Lipinski definition) is 3. The largest absolute Gasteiger partial charge is 0.380 e. The van der Waals surface area contributed by atoms with Crippen LogP contribution in [0.4, 0.5) is 0 Å². The topological polar surface area (TPSA) is 34.1 Å². The maximum atomic E-state index is 5.49. The lowest BCUT2D eigenvalue weighted by molar-refractivity contribution is 0.108. The van der Waals surface area contributed by atoms with Crippen LogP contribution in [0.2, 0.25) is 0 Å². The standard InChI is InChI=1S/C14H24N2O/c1-5-17-10-14(11(2)3)16-9-13-6-12(4)7-15-8-13/h6-8,11,14,16H,5,9-10H2,1-4H3. The Morgan fingerprint density at radius 1 is 1.35 bits per heavy atom. The second-order valence-corrected chi connectivity index (χ2v) is 4.76. The number of hydrogen-bond donors (Lipinski definition) is 1. The molecule has 3 heteroatoms. The van der Waals surface area contributed by atoms with Gasteiger partial charge in [0.1, 0.15) is 0 Å². The molecule has 0 aliphatic carbocycles. The number of rotatable bonds is 7. The number of nitrogens with zero attached hydrogens (tertiary/aromatic N) is 1. The van der Waals surface area contributed by atoms with Crippen molar-refractivity contribution in [1.29, 1.82) is 0 Å². The molecular weight excluding hydrogens is 212 g/mol. The van der Waals surface area contributed by atoms with Crippen LogP contribution in [0.15, 0.2) is 18.5 Å². The van der Waals surface area contributed by atoms with Gasteiger partial charge < -0.3 is 10.1 Å². The maximum Gasteiger partial charge on any atom is 0.0622 e. The molecule has 0 fully saturated rings. The average Bonchev–Trinajstić information content (AvgIpc) is 2.28. The summed E-state index contributed by atoms with van der Waals surface area (Å²) in [5, 5.41) is 3.53. The van der Waals surface area contributed by atoms with Gasteiger partial charge in [-0.15, -0.1) is 0 Å². The fourth-order valence-electron chi connectivity index (χ4n) is 1.70. The van der Waals surface area contributed by atoms with E-state index in [4.69, 9.17) is 4.74 Å². The second-order valence-electron chi connectivity index (χ2n) is 4.76. The Labute approximate surface area is 105 Å². The molecule has 1 aromatic heterocycles. The molecule has 1 heterocycles. The van der Waals surface area contributed by atoms with Gasteiger partial charge in [-0.2, -0.15) is 0 Å². The molecule has 0 aromatic carbocycles. The van der Waals surface area contributed by atoms with Crippen LogP contribution in [0.3, 0.4) is 0 Å². The number of pyridine rings is 1. The van der Waals surface area contributed by atoms with Crippen molar-refractivity contribution in [3.05, 3.63) is 29.6 Å². The molecule has 0 aliphatic rings. The van der Waals surface area contributed by atoms with Crippen LogP contribution in [0.25, 0.3) is 0 Å². The SMILES string of the molecule is CCOCC(NCc1cncc(C)c1)C(C)C. The highest BCUT2D eigenvalue weighted by Gasteiger charge is 2.12. The number of aromatic nitrogens is 1. The van der Waals surface area contributed by atoms with E-state index in [1.54, 1.807) is 0 Å². The van der Waals surface area contributed by atoms with Crippen molar-refractivity contribution in [3.63, 3.8) is 0 Å². The lowest BCUT2D eigenvalue weighted by atomic mass is 10.1. The Morgan fingerprint density at radius 3 is 2.71 bits per heavy atom. The monoisotopic (exact) mass is 236 g/mol. The lowest BCUT2D eigenvalue weighted by Crippen LogP contribution is -2.37. The molecule has 0 saturated heterocycles. The van der Waals surface area contributed by atoms with E-state index < -0.39 is 0 Å². The highest BCUT2D eigenvalue weighted by molar-refractivity contribution is 5.16. The zero-order valence-corrected chi connectivity index (χ0v) is 11.4. The van der Waals surface area contributed by atoms with Gasteiger partial charge in [0.2, 0.25) is 0 Å². The summed E-state index contributed by atoms with van der Waals surface area (Å²) in [6, 6.07) is 2.56. The van der Waals surface area contributed by atoms with Gasteiger partial charge in [-0.25, -0.2) is 0 Å². The molecule has 0 amide bonds. The average molecular weight is 236 g/mol. The zero-order chi connectivity index (χ0) is 12.7. The van der Waals surface area contributed by atoms with E-state index in [2.05, 4.69) is 37.1 Å². The highest BCUT2D eigenvalue weighted by atomic mass is 16.5. The first-order valence-corrected chi connectivity index (χ1v) is 6.35. The summed E-state index contributed by atoms with van der Waals surface area (Å²) in [5.41, 5.74) is 2.43. The third-order valence-electron chi connectivity index (χ3n) is 2.81. The van der Waals surface area contributed by atoms with Crippen molar-refractivity contribution in [3.8, 4) is 0 Å². The molecule has 0 spiro atoms. The van der Waals surface area contributed by atoms with Gasteiger partial charge in [-0.3, -0.25) is 4.98 Å². The van der Waals surface area contributed by atoms with Crippen LogP contribution >= 0.6 is 0 Å². The molecule has 0 bridgehead atoms. The first-order valence-electron chi connectivity index (χ1n) is 6.35. The van der Waals surface area contributed by atoms with E-state index in [1.807, 2.05) is 19.3 Å². The van der Waals surface area contributed by atoms with Crippen molar-refractivity contribution in [2.45, 2.75) is 40.3 Å². The van der Waals surface area contributed by atoms with E-state index in [9.17, 15) is 0 Å². The Balaban J connectivity index is 2.45. The van der Waals surface area contributed by atoms with E-state index in [-0.39, 0.29) is 0 Å². The van der Waals surface area contributed by atoms with Crippen LogP contribution in [-0.4, -0.2) is 24.2 Å². The zero-order valence-electron chi connectivity index (χ0n) is 11.4. The summed E-state index contributed by atoms with van der Waals surface area (Å²) in [5.74, 6) is 0.569. The van der Waals surface area contributed by atoms with Gasteiger partial charge in [-0.1, -0.05) is 19.9 Å². The minimum absolute atomic E-state index is 0.399. The Hall–Kier alpha value is -0.930. The van der Waals surface area contributed by atoms with Gasteiger partial charge in [0.05, 0.1) is 6.61 Å². The van der Waals surface area contributed by atoms with Crippen LogP contribution in [0.5, 0.6) is 0 Å². The Bertz CT molecular complexity index is 326. The molecule has 1 unspecified atom stereocenters. The lowest BCUT2D eigenvalue weighted by Gasteiger charge is -2.22. The predicted molar refractivity (Wildman–Crippen MR) is 70.9 cm³/mol. The van der Waals surface area contributed by atoms with E-state index in [0.29, 0.717) is 12.0 Å². The Kier molecular flexibility index (Phi) is 6.16. The highest BCUT2D eigenvalue weighted by Crippen LogP contribution is 2.06. The van der Waals surface area contributed by atoms with Crippen LogP contribution < -0.4 is 5.32 Å². The fraction of sp³-hybridized carbons (Fsp3) is 0.643. The van der Waals surface area contributed by atoms with Crippen molar-refractivity contribution < 1.29 is 4.74 Å². The molecule has 0 saturated carbocycles. The van der Waals surface area contributed by atoms with Crippen LogP contribution in [0.1, 0.15) is 31.9 Å². The summed E-state index contributed by atoms with van der Waals surface area (Å²) in [4.78, 5) is 4.20. The van der Waals surface area contributed by atoms with E-state index in [1.165, 1.54) is 11.1 Å². The fourth-order valence-corrected chi connectivity index (χ4v) is 1.70. The Morgan fingerprint density at radius 2 is 2.12 bits per heavy atom. The number of nitrogens with one attached hydrogen (secondary N) is 1. The second kappa shape index (κ2) is 7.41.